The van der Waals surface area contributed by atoms with E-state index < -0.39 is 0 Å². The molecule has 0 saturated carbocycles. The number of benzene rings is 1. The predicted octanol–water partition coefficient (Wildman–Crippen LogP) is 3.36. The third-order valence-corrected chi connectivity index (χ3v) is 4.58. The van der Waals surface area contributed by atoms with Gasteiger partial charge in [0.25, 0.3) is 0 Å². The van der Waals surface area contributed by atoms with Gasteiger partial charge in [-0.2, -0.15) is 0 Å². The van der Waals surface area contributed by atoms with Gasteiger partial charge in [0.1, 0.15) is 0 Å². The summed E-state index contributed by atoms with van der Waals surface area (Å²) in [6.07, 6.45) is 1.12. The highest BCUT2D eigenvalue weighted by molar-refractivity contribution is 5.38. The first-order valence-corrected chi connectivity index (χ1v) is 7.98. The van der Waals surface area contributed by atoms with E-state index in [0.717, 1.165) is 19.6 Å². The molecule has 0 radical (unpaired) electrons. The van der Waals surface area contributed by atoms with Crippen LogP contribution in [0, 0.1) is 20.8 Å². The molecule has 21 heavy (non-hydrogen) atoms. The van der Waals surface area contributed by atoms with Crippen molar-refractivity contribution in [3.63, 3.8) is 0 Å². The van der Waals surface area contributed by atoms with Crippen LogP contribution in [0.15, 0.2) is 12.1 Å². The molecule has 1 aromatic rings. The standard InChI is InChI=1S/C18H32N2O/c1-7-16(5)20(8-9-21-6)18(12-19)17-11-14(3)13(2)10-15(17)4/h10-11,16,18H,7-9,12,19H2,1-6H3. The van der Waals surface area contributed by atoms with E-state index in [1.54, 1.807) is 7.11 Å². The molecule has 0 amide bonds. The Bertz CT molecular complexity index is 445. The minimum Gasteiger partial charge on any atom is -0.383 e. The number of aryl methyl sites for hydroxylation is 3. The van der Waals surface area contributed by atoms with E-state index in [1.807, 2.05) is 0 Å². The van der Waals surface area contributed by atoms with E-state index in [0.29, 0.717) is 12.6 Å². The van der Waals surface area contributed by atoms with Gasteiger partial charge in [-0.05, 0) is 56.4 Å². The fourth-order valence-electron chi connectivity index (χ4n) is 2.90. The average Bonchev–Trinajstić information content (AvgIpc) is 2.47. The molecule has 0 aliphatic heterocycles. The van der Waals surface area contributed by atoms with Crippen molar-refractivity contribution in [2.24, 2.45) is 5.73 Å². The van der Waals surface area contributed by atoms with Crippen LogP contribution < -0.4 is 5.73 Å². The number of methoxy groups -OCH3 is 1. The maximum Gasteiger partial charge on any atom is 0.0590 e. The van der Waals surface area contributed by atoms with Crippen molar-refractivity contribution in [3.8, 4) is 0 Å². The fourth-order valence-corrected chi connectivity index (χ4v) is 2.90. The Balaban J connectivity index is 3.15. The molecule has 0 heterocycles. The van der Waals surface area contributed by atoms with Gasteiger partial charge >= 0.3 is 0 Å². The number of rotatable bonds is 8. The van der Waals surface area contributed by atoms with Crippen LogP contribution in [0.3, 0.4) is 0 Å². The Morgan fingerprint density at radius 1 is 1.14 bits per heavy atom. The van der Waals surface area contributed by atoms with Gasteiger partial charge in [-0.1, -0.05) is 19.1 Å². The molecule has 120 valence electrons. The molecular weight excluding hydrogens is 260 g/mol. The summed E-state index contributed by atoms with van der Waals surface area (Å²) >= 11 is 0. The van der Waals surface area contributed by atoms with E-state index in [-0.39, 0.29) is 6.04 Å². The predicted molar refractivity (Wildman–Crippen MR) is 90.8 cm³/mol. The average molecular weight is 292 g/mol. The van der Waals surface area contributed by atoms with Gasteiger partial charge in [-0.25, -0.2) is 0 Å². The van der Waals surface area contributed by atoms with Crippen molar-refractivity contribution in [1.29, 1.82) is 0 Å². The summed E-state index contributed by atoms with van der Waals surface area (Å²) in [5.74, 6) is 0. The second kappa shape index (κ2) is 8.52. The summed E-state index contributed by atoms with van der Waals surface area (Å²) in [5, 5.41) is 0. The Morgan fingerprint density at radius 2 is 1.76 bits per heavy atom. The molecule has 0 bridgehead atoms. The van der Waals surface area contributed by atoms with E-state index in [4.69, 9.17) is 10.5 Å². The monoisotopic (exact) mass is 292 g/mol. The van der Waals surface area contributed by atoms with Crippen LogP contribution in [0.2, 0.25) is 0 Å². The van der Waals surface area contributed by atoms with Crippen molar-refractivity contribution in [1.82, 2.24) is 4.90 Å². The highest BCUT2D eigenvalue weighted by Crippen LogP contribution is 2.28. The lowest BCUT2D eigenvalue weighted by atomic mass is 9.94. The summed E-state index contributed by atoms with van der Waals surface area (Å²) in [4.78, 5) is 2.49. The van der Waals surface area contributed by atoms with Crippen LogP contribution in [-0.2, 0) is 4.74 Å². The number of ether oxygens (including phenoxy) is 1. The Labute approximate surface area is 130 Å². The molecular formula is C18H32N2O. The number of hydrogen-bond donors (Lipinski definition) is 1. The van der Waals surface area contributed by atoms with Crippen LogP contribution in [0.25, 0.3) is 0 Å². The maximum atomic E-state index is 6.14. The zero-order valence-electron chi connectivity index (χ0n) is 14.6. The molecule has 0 fully saturated rings. The van der Waals surface area contributed by atoms with Crippen molar-refractivity contribution in [3.05, 3.63) is 34.4 Å². The molecule has 2 unspecified atom stereocenters. The van der Waals surface area contributed by atoms with E-state index in [9.17, 15) is 0 Å². The fraction of sp³-hybridized carbons (Fsp3) is 0.667. The second-order valence-corrected chi connectivity index (χ2v) is 6.03. The van der Waals surface area contributed by atoms with Gasteiger partial charge in [-0.3, -0.25) is 4.90 Å². The highest BCUT2D eigenvalue weighted by atomic mass is 16.5. The smallest absolute Gasteiger partial charge is 0.0590 e. The third-order valence-electron chi connectivity index (χ3n) is 4.58. The molecule has 0 aliphatic carbocycles. The third kappa shape index (κ3) is 4.53. The van der Waals surface area contributed by atoms with Gasteiger partial charge in [0.05, 0.1) is 6.61 Å². The molecule has 2 N–H and O–H groups in total. The SMILES string of the molecule is CCC(C)N(CCOC)C(CN)c1cc(C)c(C)cc1C. The molecule has 0 spiro atoms. The van der Waals surface area contributed by atoms with Crippen LogP contribution in [-0.4, -0.2) is 37.7 Å². The zero-order valence-corrected chi connectivity index (χ0v) is 14.6. The highest BCUT2D eigenvalue weighted by Gasteiger charge is 2.24. The first kappa shape index (κ1) is 18.1. The minimum atomic E-state index is 0.259. The van der Waals surface area contributed by atoms with Gasteiger partial charge in [0.15, 0.2) is 0 Å². The molecule has 2 atom stereocenters. The van der Waals surface area contributed by atoms with Crippen LogP contribution in [0.1, 0.15) is 48.6 Å². The zero-order chi connectivity index (χ0) is 16.0. The number of nitrogens with two attached hydrogens (primary N) is 1. The Hall–Kier alpha value is -0.900. The molecule has 0 aliphatic rings. The van der Waals surface area contributed by atoms with Crippen LogP contribution in [0.5, 0.6) is 0 Å². The summed E-state index contributed by atoms with van der Waals surface area (Å²) in [6, 6.07) is 5.34. The van der Waals surface area contributed by atoms with Crippen LogP contribution >= 0.6 is 0 Å². The van der Waals surface area contributed by atoms with Gasteiger partial charge in [0, 0.05) is 32.3 Å². The summed E-state index contributed by atoms with van der Waals surface area (Å²) in [7, 11) is 1.76. The first-order chi connectivity index (χ1) is 9.96. The first-order valence-electron chi connectivity index (χ1n) is 7.98. The molecule has 1 rings (SSSR count). The van der Waals surface area contributed by atoms with Gasteiger partial charge in [0.2, 0.25) is 0 Å². The molecule has 3 nitrogen and oxygen atoms in total. The summed E-state index contributed by atoms with van der Waals surface area (Å²) in [5.41, 5.74) is 11.5. The summed E-state index contributed by atoms with van der Waals surface area (Å²) < 4.78 is 5.29. The topological polar surface area (TPSA) is 38.5 Å². The van der Waals surface area contributed by atoms with Crippen molar-refractivity contribution in [2.45, 2.75) is 53.1 Å². The quantitative estimate of drug-likeness (QED) is 0.798. The molecule has 0 saturated heterocycles. The Morgan fingerprint density at radius 3 is 2.29 bits per heavy atom. The minimum absolute atomic E-state index is 0.259. The maximum absolute atomic E-state index is 6.14. The van der Waals surface area contributed by atoms with Crippen molar-refractivity contribution < 1.29 is 4.74 Å². The van der Waals surface area contributed by atoms with E-state index >= 15 is 0 Å². The van der Waals surface area contributed by atoms with E-state index in [1.165, 1.54) is 22.3 Å². The normalized spacial score (nSPS) is 14.5. The lowest BCUT2D eigenvalue weighted by Gasteiger charge is -2.36. The molecule has 0 aromatic heterocycles. The number of hydrogen-bond acceptors (Lipinski definition) is 3. The van der Waals surface area contributed by atoms with Gasteiger partial charge < -0.3 is 10.5 Å². The molecule has 1 aromatic carbocycles. The summed E-state index contributed by atoms with van der Waals surface area (Å²) in [6.45, 7) is 13.3. The largest absolute Gasteiger partial charge is 0.383 e. The van der Waals surface area contributed by atoms with Crippen molar-refractivity contribution >= 4 is 0 Å². The lowest BCUT2D eigenvalue weighted by molar-refractivity contribution is 0.0900. The lowest BCUT2D eigenvalue weighted by Crippen LogP contribution is -2.42. The number of nitrogens with zero attached hydrogens (tertiary/aromatic N) is 1. The van der Waals surface area contributed by atoms with Crippen LogP contribution in [0.4, 0.5) is 0 Å². The Kier molecular flexibility index (Phi) is 7.36. The van der Waals surface area contributed by atoms with Crippen molar-refractivity contribution in [2.75, 3.05) is 26.8 Å². The van der Waals surface area contributed by atoms with Gasteiger partial charge in [-0.15, -0.1) is 0 Å². The molecule has 3 heteroatoms. The second-order valence-electron chi connectivity index (χ2n) is 6.03. The van der Waals surface area contributed by atoms with E-state index in [2.05, 4.69) is 51.7 Å².